The fraction of sp³-hybridized carbons (Fsp3) is 0.105. The number of hydrogen-bond acceptors (Lipinski definition) is 6. The molecular formula is C19H17N3O3S. The Morgan fingerprint density at radius 1 is 1.27 bits per heavy atom. The summed E-state index contributed by atoms with van der Waals surface area (Å²) in [5.41, 5.74) is 4.80. The summed E-state index contributed by atoms with van der Waals surface area (Å²) in [7, 11) is 0. The van der Waals surface area contributed by atoms with Crippen molar-refractivity contribution in [2.45, 2.75) is 5.22 Å². The molecule has 0 aliphatic rings. The van der Waals surface area contributed by atoms with Crippen LogP contribution >= 0.6 is 11.8 Å². The average molecular weight is 367 g/mol. The maximum atomic E-state index is 11.8. The smallest absolute Gasteiger partial charge is 0.257 e. The number of oxazole rings is 1. The summed E-state index contributed by atoms with van der Waals surface area (Å²) in [5.74, 6) is 0.679. The summed E-state index contributed by atoms with van der Waals surface area (Å²) in [6.45, 7) is 4.06. The minimum absolute atomic E-state index is 0.165. The van der Waals surface area contributed by atoms with Crippen molar-refractivity contribution in [2.75, 3.05) is 12.4 Å². The molecule has 0 radical (unpaired) electrons. The molecule has 0 aliphatic carbocycles. The zero-order chi connectivity index (χ0) is 18.2. The Kier molecular flexibility index (Phi) is 6.05. The van der Waals surface area contributed by atoms with Crippen molar-refractivity contribution >= 4 is 35.0 Å². The van der Waals surface area contributed by atoms with Gasteiger partial charge in [0.2, 0.25) is 0 Å². The number of aromatic nitrogens is 1. The number of para-hydroxylation sites is 2. The van der Waals surface area contributed by atoms with Crippen LogP contribution in [0.15, 0.2) is 75.9 Å². The van der Waals surface area contributed by atoms with Gasteiger partial charge in [0.05, 0.1) is 12.0 Å². The molecule has 3 rings (SSSR count). The van der Waals surface area contributed by atoms with E-state index < -0.39 is 0 Å². The van der Waals surface area contributed by atoms with Gasteiger partial charge in [0.25, 0.3) is 11.1 Å². The lowest BCUT2D eigenvalue weighted by Crippen LogP contribution is -2.19. The van der Waals surface area contributed by atoms with Crippen molar-refractivity contribution in [3.63, 3.8) is 0 Å². The Balaban J connectivity index is 1.45. The van der Waals surface area contributed by atoms with Crippen LogP contribution in [-0.2, 0) is 4.79 Å². The lowest BCUT2D eigenvalue weighted by molar-refractivity contribution is -0.118. The molecule has 1 heterocycles. The average Bonchev–Trinajstić information content (AvgIpc) is 3.09. The molecular weight excluding hydrogens is 350 g/mol. The number of nitrogens with one attached hydrogen (secondary N) is 1. The van der Waals surface area contributed by atoms with Gasteiger partial charge < -0.3 is 9.15 Å². The first-order valence-corrected chi connectivity index (χ1v) is 8.87. The van der Waals surface area contributed by atoms with Crippen molar-refractivity contribution < 1.29 is 13.9 Å². The summed E-state index contributed by atoms with van der Waals surface area (Å²) in [5, 5.41) is 4.40. The van der Waals surface area contributed by atoms with Crippen LogP contribution in [0, 0.1) is 0 Å². The van der Waals surface area contributed by atoms with Crippen LogP contribution in [0.25, 0.3) is 11.1 Å². The van der Waals surface area contributed by atoms with Gasteiger partial charge in [-0.1, -0.05) is 36.5 Å². The summed E-state index contributed by atoms with van der Waals surface area (Å²) >= 11 is 1.22. The van der Waals surface area contributed by atoms with Crippen molar-refractivity contribution in [3.05, 3.63) is 66.7 Å². The number of hydrazone groups is 1. The van der Waals surface area contributed by atoms with Gasteiger partial charge in [-0.3, -0.25) is 4.79 Å². The highest BCUT2D eigenvalue weighted by atomic mass is 32.2. The highest BCUT2D eigenvalue weighted by Crippen LogP contribution is 2.22. The molecule has 1 amide bonds. The van der Waals surface area contributed by atoms with E-state index in [0.717, 1.165) is 16.8 Å². The van der Waals surface area contributed by atoms with Gasteiger partial charge in [-0.05, 0) is 42.0 Å². The topological polar surface area (TPSA) is 76.7 Å². The zero-order valence-corrected chi connectivity index (χ0v) is 14.7. The molecule has 0 atom stereocenters. The Bertz CT molecular complexity index is 886. The van der Waals surface area contributed by atoms with Gasteiger partial charge in [0, 0.05) is 0 Å². The minimum atomic E-state index is -0.237. The van der Waals surface area contributed by atoms with E-state index in [9.17, 15) is 4.79 Å². The van der Waals surface area contributed by atoms with Gasteiger partial charge in [-0.15, -0.1) is 0 Å². The molecule has 26 heavy (non-hydrogen) atoms. The van der Waals surface area contributed by atoms with E-state index in [1.54, 1.807) is 12.3 Å². The summed E-state index contributed by atoms with van der Waals surface area (Å²) in [4.78, 5) is 16.2. The molecule has 132 valence electrons. The van der Waals surface area contributed by atoms with E-state index in [1.165, 1.54) is 11.8 Å². The first-order chi connectivity index (χ1) is 12.7. The number of ether oxygens (including phenoxy) is 1. The highest BCUT2D eigenvalue weighted by Gasteiger charge is 2.08. The van der Waals surface area contributed by atoms with Crippen LogP contribution in [-0.4, -0.2) is 29.5 Å². The van der Waals surface area contributed by atoms with Crippen molar-refractivity contribution in [2.24, 2.45) is 5.10 Å². The lowest BCUT2D eigenvalue weighted by Gasteiger charge is -2.02. The zero-order valence-electron chi connectivity index (χ0n) is 13.9. The Morgan fingerprint density at radius 3 is 2.85 bits per heavy atom. The second-order valence-corrected chi connectivity index (χ2v) is 6.12. The van der Waals surface area contributed by atoms with Crippen molar-refractivity contribution in [1.82, 2.24) is 10.4 Å². The predicted molar refractivity (Wildman–Crippen MR) is 103 cm³/mol. The van der Waals surface area contributed by atoms with Crippen LogP contribution in [0.4, 0.5) is 0 Å². The van der Waals surface area contributed by atoms with E-state index in [0.29, 0.717) is 17.4 Å². The number of benzene rings is 2. The Hall–Kier alpha value is -3.06. The largest absolute Gasteiger partial charge is 0.490 e. The van der Waals surface area contributed by atoms with Crippen molar-refractivity contribution in [1.29, 1.82) is 0 Å². The quantitative estimate of drug-likeness (QED) is 0.285. The predicted octanol–water partition coefficient (Wildman–Crippen LogP) is 3.64. The number of nitrogens with zero attached hydrogens (tertiary/aromatic N) is 2. The fourth-order valence-electron chi connectivity index (χ4n) is 2.06. The third-order valence-electron chi connectivity index (χ3n) is 3.25. The van der Waals surface area contributed by atoms with E-state index in [-0.39, 0.29) is 11.7 Å². The number of hydrogen-bond donors (Lipinski definition) is 1. The molecule has 1 aromatic heterocycles. The minimum Gasteiger partial charge on any atom is -0.490 e. The SMILES string of the molecule is C=CCOc1ccc(/C=N\NC(=O)CSc2nc3ccccc3o2)cc1. The number of carbonyl (C=O) groups is 1. The normalized spacial score (nSPS) is 10.9. The molecule has 0 saturated heterocycles. The molecule has 3 aromatic rings. The van der Waals surface area contributed by atoms with Gasteiger partial charge in [0.1, 0.15) is 17.9 Å². The fourth-order valence-corrected chi connectivity index (χ4v) is 2.69. The van der Waals surface area contributed by atoms with Gasteiger partial charge in [0.15, 0.2) is 5.58 Å². The monoisotopic (exact) mass is 367 g/mol. The standard InChI is InChI=1S/C19H17N3O3S/c1-2-11-24-15-9-7-14(8-10-15)12-20-22-18(23)13-26-19-21-16-5-3-4-6-17(16)25-19/h2-10,12H,1,11,13H2,(H,22,23)/b20-12-. The van der Waals surface area contributed by atoms with Crippen LogP contribution < -0.4 is 10.2 Å². The van der Waals surface area contributed by atoms with Gasteiger partial charge in [-0.2, -0.15) is 5.10 Å². The third kappa shape index (κ3) is 4.97. The molecule has 0 saturated carbocycles. The molecule has 0 spiro atoms. The van der Waals surface area contributed by atoms with Crippen molar-refractivity contribution in [3.8, 4) is 5.75 Å². The third-order valence-corrected chi connectivity index (χ3v) is 4.08. The molecule has 0 bridgehead atoms. The molecule has 0 aliphatic heterocycles. The second kappa shape index (κ2) is 8.87. The molecule has 2 aromatic carbocycles. The van der Waals surface area contributed by atoms with Gasteiger partial charge >= 0.3 is 0 Å². The first kappa shape index (κ1) is 17.8. The van der Waals surface area contributed by atoms with Crippen LogP contribution in [0.5, 0.6) is 5.75 Å². The summed E-state index contributed by atoms with van der Waals surface area (Å²) < 4.78 is 10.9. The molecule has 7 heteroatoms. The number of thioether (sulfide) groups is 1. The Labute approximate surface area is 154 Å². The molecule has 6 nitrogen and oxygen atoms in total. The lowest BCUT2D eigenvalue weighted by atomic mass is 10.2. The maximum absolute atomic E-state index is 11.8. The maximum Gasteiger partial charge on any atom is 0.257 e. The Morgan fingerprint density at radius 2 is 2.08 bits per heavy atom. The van der Waals surface area contributed by atoms with E-state index >= 15 is 0 Å². The number of rotatable bonds is 8. The molecule has 0 fully saturated rings. The van der Waals surface area contributed by atoms with E-state index in [4.69, 9.17) is 9.15 Å². The van der Waals surface area contributed by atoms with E-state index in [2.05, 4.69) is 22.1 Å². The van der Waals surface area contributed by atoms with E-state index in [1.807, 2.05) is 48.5 Å². The second-order valence-electron chi connectivity index (χ2n) is 5.20. The van der Waals surface area contributed by atoms with Gasteiger partial charge in [-0.25, -0.2) is 10.4 Å². The first-order valence-electron chi connectivity index (χ1n) is 7.88. The number of fused-ring (bicyclic) bond motifs is 1. The molecule has 0 unspecified atom stereocenters. The highest BCUT2D eigenvalue weighted by molar-refractivity contribution is 7.99. The molecule has 1 N–H and O–H groups in total. The number of amides is 1. The van der Waals surface area contributed by atoms with Crippen LogP contribution in [0.3, 0.4) is 0 Å². The van der Waals surface area contributed by atoms with Crippen LogP contribution in [0.1, 0.15) is 5.56 Å². The summed E-state index contributed by atoms with van der Waals surface area (Å²) in [6, 6.07) is 14.8. The van der Waals surface area contributed by atoms with Crippen LogP contribution in [0.2, 0.25) is 0 Å². The summed E-state index contributed by atoms with van der Waals surface area (Å²) in [6.07, 6.45) is 3.25. The number of carbonyl (C=O) groups excluding carboxylic acids is 1.